The van der Waals surface area contributed by atoms with Gasteiger partial charge < -0.3 is 4.74 Å². The fourth-order valence-corrected chi connectivity index (χ4v) is 2.10. The summed E-state index contributed by atoms with van der Waals surface area (Å²) in [6, 6.07) is 12.4. The molecule has 0 heterocycles. The second kappa shape index (κ2) is 5.52. The molecule has 0 saturated carbocycles. The Morgan fingerprint density at radius 2 is 1.88 bits per heavy atom. The van der Waals surface area contributed by atoms with Crippen molar-refractivity contribution in [3.63, 3.8) is 0 Å². The van der Waals surface area contributed by atoms with E-state index in [-0.39, 0.29) is 5.02 Å². The zero-order valence-electron chi connectivity index (χ0n) is 8.79. The van der Waals surface area contributed by atoms with Crippen LogP contribution in [-0.4, -0.2) is 0 Å². The standard InChI is InChI=1S/C13H9BrClFO/c14-10-6-11(15)12(16)7-13(10)17-8-9-4-2-1-3-5-9/h1-7H,8H2. The Kier molecular flexibility index (Phi) is 4.02. The molecule has 2 aromatic carbocycles. The van der Waals surface area contributed by atoms with Crippen LogP contribution in [0.4, 0.5) is 4.39 Å². The van der Waals surface area contributed by atoms with Crippen molar-refractivity contribution in [1.82, 2.24) is 0 Å². The maximum atomic E-state index is 13.3. The molecule has 0 aliphatic rings. The number of hydrogen-bond acceptors (Lipinski definition) is 1. The lowest BCUT2D eigenvalue weighted by Gasteiger charge is -2.09. The molecule has 17 heavy (non-hydrogen) atoms. The highest BCUT2D eigenvalue weighted by atomic mass is 79.9. The molecule has 0 radical (unpaired) electrons. The minimum atomic E-state index is -0.488. The third-order valence-corrected chi connectivity index (χ3v) is 3.12. The zero-order chi connectivity index (χ0) is 12.3. The number of hydrogen-bond donors (Lipinski definition) is 0. The Bertz CT molecular complexity index is 516. The molecule has 0 aromatic heterocycles. The van der Waals surface area contributed by atoms with E-state index in [1.54, 1.807) is 0 Å². The van der Waals surface area contributed by atoms with Crippen molar-refractivity contribution in [1.29, 1.82) is 0 Å². The van der Waals surface area contributed by atoms with Crippen LogP contribution in [0.1, 0.15) is 5.56 Å². The molecule has 88 valence electrons. The van der Waals surface area contributed by atoms with Crippen LogP contribution in [0.15, 0.2) is 46.9 Å². The van der Waals surface area contributed by atoms with E-state index in [2.05, 4.69) is 15.9 Å². The SMILES string of the molecule is Fc1cc(OCc2ccccc2)c(Br)cc1Cl. The quantitative estimate of drug-likeness (QED) is 0.738. The van der Waals surface area contributed by atoms with Crippen LogP contribution < -0.4 is 4.74 Å². The third-order valence-electron chi connectivity index (χ3n) is 2.21. The second-order valence-corrected chi connectivity index (χ2v) is 4.73. The normalized spacial score (nSPS) is 10.3. The average molecular weight is 316 g/mol. The Morgan fingerprint density at radius 3 is 2.59 bits per heavy atom. The molecular weight excluding hydrogens is 306 g/mol. The molecule has 0 N–H and O–H groups in total. The maximum Gasteiger partial charge on any atom is 0.145 e. The van der Waals surface area contributed by atoms with Crippen molar-refractivity contribution in [3.05, 3.63) is 63.3 Å². The Morgan fingerprint density at radius 1 is 1.18 bits per heavy atom. The summed E-state index contributed by atoms with van der Waals surface area (Å²) in [5, 5.41) is 0.0731. The van der Waals surface area contributed by atoms with Crippen molar-refractivity contribution in [3.8, 4) is 5.75 Å². The fraction of sp³-hybridized carbons (Fsp3) is 0.0769. The van der Waals surface area contributed by atoms with Crippen LogP contribution in [0.5, 0.6) is 5.75 Å². The smallest absolute Gasteiger partial charge is 0.145 e. The van der Waals surface area contributed by atoms with Crippen LogP contribution in [0.3, 0.4) is 0 Å². The molecule has 0 atom stereocenters. The van der Waals surface area contributed by atoms with Gasteiger partial charge in [-0.1, -0.05) is 41.9 Å². The molecule has 0 bridgehead atoms. The van der Waals surface area contributed by atoms with Crippen molar-refractivity contribution in [2.45, 2.75) is 6.61 Å². The van der Waals surface area contributed by atoms with E-state index in [9.17, 15) is 4.39 Å². The van der Waals surface area contributed by atoms with Gasteiger partial charge in [0.15, 0.2) is 0 Å². The van der Waals surface area contributed by atoms with Gasteiger partial charge in [0, 0.05) is 6.07 Å². The first-order chi connectivity index (χ1) is 8.16. The van der Waals surface area contributed by atoms with E-state index in [0.29, 0.717) is 16.8 Å². The van der Waals surface area contributed by atoms with Crippen LogP contribution in [0.25, 0.3) is 0 Å². The van der Waals surface area contributed by atoms with E-state index in [4.69, 9.17) is 16.3 Å². The summed E-state index contributed by atoms with van der Waals surface area (Å²) in [6.45, 7) is 0.389. The summed E-state index contributed by atoms with van der Waals surface area (Å²) in [5.74, 6) is -0.0475. The molecule has 0 aliphatic carbocycles. The highest BCUT2D eigenvalue weighted by Gasteiger charge is 2.07. The molecule has 2 aromatic rings. The molecule has 0 fully saturated rings. The van der Waals surface area contributed by atoms with Gasteiger partial charge in [0.2, 0.25) is 0 Å². The molecule has 0 saturated heterocycles. The molecular formula is C13H9BrClFO. The van der Waals surface area contributed by atoms with E-state index in [1.807, 2.05) is 30.3 Å². The van der Waals surface area contributed by atoms with E-state index in [1.165, 1.54) is 12.1 Å². The Balaban J connectivity index is 2.12. The molecule has 4 heteroatoms. The van der Waals surface area contributed by atoms with Gasteiger partial charge in [0.1, 0.15) is 18.2 Å². The summed E-state index contributed by atoms with van der Waals surface area (Å²) in [6.07, 6.45) is 0. The van der Waals surface area contributed by atoms with E-state index < -0.39 is 5.82 Å². The van der Waals surface area contributed by atoms with Crippen LogP contribution in [-0.2, 0) is 6.61 Å². The minimum absolute atomic E-state index is 0.0731. The summed E-state index contributed by atoms with van der Waals surface area (Å²) in [4.78, 5) is 0. The van der Waals surface area contributed by atoms with Crippen LogP contribution in [0, 0.1) is 5.82 Å². The number of halogens is 3. The zero-order valence-corrected chi connectivity index (χ0v) is 11.1. The van der Waals surface area contributed by atoms with Crippen molar-refractivity contribution < 1.29 is 9.13 Å². The topological polar surface area (TPSA) is 9.23 Å². The highest BCUT2D eigenvalue weighted by Crippen LogP contribution is 2.30. The van der Waals surface area contributed by atoms with Gasteiger partial charge in [-0.2, -0.15) is 0 Å². The summed E-state index contributed by atoms with van der Waals surface area (Å²) >= 11 is 8.92. The van der Waals surface area contributed by atoms with Gasteiger partial charge in [0.25, 0.3) is 0 Å². The van der Waals surface area contributed by atoms with Gasteiger partial charge in [-0.15, -0.1) is 0 Å². The van der Waals surface area contributed by atoms with Gasteiger partial charge in [-0.05, 0) is 27.6 Å². The summed E-state index contributed by atoms with van der Waals surface area (Å²) < 4.78 is 19.4. The molecule has 1 nitrogen and oxygen atoms in total. The molecule has 2 rings (SSSR count). The largest absolute Gasteiger partial charge is 0.488 e. The van der Waals surface area contributed by atoms with Crippen molar-refractivity contribution in [2.24, 2.45) is 0 Å². The molecule has 0 unspecified atom stereocenters. The number of ether oxygens (including phenoxy) is 1. The first kappa shape index (κ1) is 12.4. The van der Waals surface area contributed by atoms with Gasteiger partial charge in [-0.25, -0.2) is 4.39 Å². The maximum absolute atomic E-state index is 13.3. The van der Waals surface area contributed by atoms with Crippen LogP contribution >= 0.6 is 27.5 Å². The lowest BCUT2D eigenvalue weighted by molar-refractivity contribution is 0.302. The Hall–Kier alpha value is -1.06. The molecule has 0 amide bonds. The van der Waals surface area contributed by atoms with Gasteiger partial charge in [0.05, 0.1) is 9.50 Å². The van der Waals surface area contributed by atoms with Crippen molar-refractivity contribution >= 4 is 27.5 Å². The van der Waals surface area contributed by atoms with E-state index in [0.717, 1.165) is 5.56 Å². The Labute approximate surface area is 112 Å². The number of benzene rings is 2. The first-order valence-corrected chi connectivity index (χ1v) is 6.15. The van der Waals surface area contributed by atoms with Crippen LogP contribution in [0.2, 0.25) is 5.02 Å². The molecule has 0 spiro atoms. The third kappa shape index (κ3) is 3.20. The second-order valence-electron chi connectivity index (χ2n) is 3.47. The van der Waals surface area contributed by atoms with E-state index >= 15 is 0 Å². The van der Waals surface area contributed by atoms with Gasteiger partial charge >= 0.3 is 0 Å². The average Bonchev–Trinajstić information content (AvgIpc) is 2.33. The molecule has 0 aliphatic heterocycles. The monoisotopic (exact) mass is 314 g/mol. The summed E-state index contributed by atoms with van der Waals surface area (Å²) in [7, 11) is 0. The first-order valence-electron chi connectivity index (χ1n) is 4.98. The lowest BCUT2D eigenvalue weighted by atomic mass is 10.2. The summed E-state index contributed by atoms with van der Waals surface area (Å²) in [5.41, 5.74) is 1.02. The van der Waals surface area contributed by atoms with Gasteiger partial charge in [-0.3, -0.25) is 0 Å². The lowest BCUT2D eigenvalue weighted by Crippen LogP contribution is -1.96. The highest BCUT2D eigenvalue weighted by molar-refractivity contribution is 9.10. The number of rotatable bonds is 3. The predicted molar refractivity (Wildman–Crippen MR) is 69.9 cm³/mol. The van der Waals surface area contributed by atoms with Crippen molar-refractivity contribution in [2.75, 3.05) is 0 Å². The fourth-order valence-electron chi connectivity index (χ4n) is 1.35. The predicted octanol–water partition coefficient (Wildman–Crippen LogP) is 4.82. The minimum Gasteiger partial charge on any atom is -0.488 e.